The van der Waals surface area contributed by atoms with E-state index in [1.807, 2.05) is 32.0 Å². The Morgan fingerprint density at radius 3 is 2.84 bits per heavy atom. The van der Waals surface area contributed by atoms with E-state index in [4.69, 9.17) is 4.42 Å². The van der Waals surface area contributed by atoms with Gasteiger partial charge in [-0.15, -0.1) is 0 Å². The third-order valence-electron chi connectivity index (χ3n) is 6.51. The predicted octanol–water partition coefficient (Wildman–Crippen LogP) is 4.30. The summed E-state index contributed by atoms with van der Waals surface area (Å²) in [5, 5.41) is 3.29. The molecule has 4 nitrogen and oxygen atoms in total. The van der Waals surface area contributed by atoms with Crippen LogP contribution in [0.3, 0.4) is 0 Å². The van der Waals surface area contributed by atoms with Crippen molar-refractivity contribution in [1.82, 2.24) is 9.88 Å². The van der Waals surface area contributed by atoms with Crippen LogP contribution in [0.1, 0.15) is 60.1 Å². The predicted molar refractivity (Wildman–Crippen MR) is 97.6 cm³/mol. The van der Waals surface area contributed by atoms with Crippen molar-refractivity contribution in [3.05, 3.63) is 47.2 Å². The van der Waals surface area contributed by atoms with E-state index in [-0.39, 0.29) is 11.9 Å². The average molecular weight is 340 g/mol. The molecule has 134 valence electrons. The fraction of sp³-hybridized carbons (Fsp3) is 0.571. The molecule has 4 heteroatoms. The van der Waals surface area contributed by atoms with Crippen LogP contribution < -0.4 is 5.32 Å². The van der Waals surface area contributed by atoms with Crippen LogP contribution in [0, 0.1) is 31.6 Å². The Kier molecular flexibility index (Phi) is 4.22. The van der Waals surface area contributed by atoms with Crippen LogP contribution in [-0.4, -0.2) is 16.5 Å². The van der Waals surface area contributed by atoms with Crippen LogP contribution in [0.2, 0.25) is 0 Å². The lowest BCUT2D eigenvalue weighted by Gasteiger charge is -2.28. The zero-order valence-corrected chi connectivity index (χ0v) is 15.4. The van der Waals surface area contributed by atoms with E-state index in [2.05, 4.69) is 16.8 Å². The third kappa shape index (κ3) is 3.03. The summed E-state index contributed by atoms with van der Waals surface area (Å²) in [4.78, 5) is 12.9. The Morgan fingerprint density at radius 1 is 1.36 bits per heavy atom. The van der Waals surface area contributed by atoms with E-state index >= 15 is 0 Å². The molecule has 2 aliphatic carbocycles. The molecule has 2 aromatic heterocycles. The quantitative estimate of drug-likeness (QED) is 0.882. The van der Waals surface area contributed by atoms with Gasteiger partial charge in [-0.25, -0.2) is 0 Å². The Bertz CT molecular complexity index is 759. The van der Waals surface area contributed by atoms with Gasteiger partial charge >= 0.3 is 0 Å². The van der Waals surface area contributed by atoms with Crippen molar-refractivity contribution in [2.45, 2.75) is 59.0 Å². The molecular formula is C21H28N2O2. The molecule has 0 aromatic carbocycles. The lowest BCUT2D eigenvalue weighted by atomic mass is 9.84. The van der Waals surface area contributed by atoms with Gasteiger partial charge in [-0.05, 0) is 76.0 Å². The van der Waals surface area contributed by atoms with Crippen LogP contribution in [0.15, 0.2) is 28.9 Å². The van der Waals surface area contributed by atoms with Gasteiger partial charge < -0.3 is 14.3 Å². The first kappa shape index (κ1) is 16.5. The number of carbonyl (C=O) groups excluding carboxylic acids is 1. The van der Waals surface area contributed by atoms with Gasteiger partial charge in [-0.2, -0.15) is 0 Å². The highest BCUT2D eigenvalue weighted by atomic mass is 16.3. The molecule has 2 fully saturated rings. The van der Waals surface area contributed by atoms with Crippen molar-refractivity contribution in [3.63, 3.8) is 0 Å². The topological polar surface area (TPSA) is 47.2 Å². The largest absolute Gasteiger partial charge is 0.467 e. The van der Waals surface area contributed by atoms with E-state index in [0.717, 1.165) is 34.5 Å². The first-order valence-electron chi connectivity index (χ1n) is 9.53. The standard InChI is InChI=1S/C21H28N2O2/c1-13-9-20(15(3)23(13)12-18-5-4-8-25-18)21(24)22-14(2)19-11-16-6-7-17(19)10-16/h4-5,8-9,14,16-17,19H,6-7,10-12H2,1-3H3,(H,22,24). The Morgan fingerprint density at radius 2 is 2.20 bits per heavy atom. The highest BCUT2D eigenvalue weighted by molar-refractivity contribution is 5.95. The average Bonchev–Trinajstić information content (AvgIpc) is 3.36. The maximum Gasteiger partial charge on any atom is 0.253 e. The molecule has 2 aromatic rings. The van der Waals surface area contributed by atoms with Crippen LogP contribution in [-0.2, 0) is 6.54 Å². The fourth-order valence-corrected chi connectivity index (χ4v) is 5.13. The molecule has 1 N–H and O–H groups in total. The molecule has 2 aliphatic rings. The number of hydrogen-bond donors (Lipinski definition) is 1. The van der Waals surface area contributed by atoms with Crippen LogP contribution in [0.5, 0.6) is 0 Å². The van der Waals surface area contributed by atoms with Gasteiger partial charge in [-0.1, -0.05) is 6.42 Å². The zero-order valence-electron chi connectivity index (χ0n) is 15.4. The van der Waals surface area contributed by atoms with Crippen molar-refractivity contribution in [1.29, 1.82) is 0 Å². The van der Waals surface area contributed by atoms with Gasteiger partial charge in [-0.3, -0.25) is 4.79 Å². The molecule has 4 rings (SSSR count). The number of furan rings is 1. The summed E-state index contributed by atoms with van der Waals surface area (Å²) in [6.45, 7) is 6.92. The molecule has 4 atom stereocenters. The summed E-state index contributed by atoms with van der Waals surface area (Å²) in [6.07, 6.45) is 7.11. The normalized spacial score (nSPS) is 26.1. The lowest BCUT2D eigenvalue weighted by molar-refractivity contribution is 0.0914. The lowest BCUT2D eigenvalue weighted by Crippen LogP contribution is -2.40. The van der Waals surface area contributed by atoms with Gasteiger partial charge in [0.15, 0.2) is 0 Å². The second kappa shape index (κ2) is 6.40. The summed E-state index contributed by atoms with van der Waals surface area (Å²) in [6, 6.07) is 6.13. The Labute approximate surface area is 149 Å². The summed E-state index contributed by atoms with van der Waals surface area (Å²) < 4.78 is 7.60. The minimum absolute atomic E-state index is 0.0640. The van der Waals surface area contributed by atoms with Crippen molar-refractivity contribution in [2.75, 3.05) is 0 Å². The molecule has 0 radical (unpaired) electrons. The second-order valence-corrected chi connectivity index (χ2v) is 8.05. The van der Waals surface area contributed by atoms with Gasteiger partial charge in [0.25, 0.3) is 5.91 Å². The van der Waals surface area contributed by atoms with E-state index in [1.54, 1.807) is 6.26 Å². The minimum atomic E-state index is 0.0640. The zero-order chi connectivity index (χ0) is 17.6. The number of amides is 1. The fourth-order valence-electron chi connectivity index (χ4n) is 5.13. The van der Waals surface area contributed by atoms with Gasteiger partial charge in [0.1, 0.15) is 5.76 Å². The van der Waals surface area contributed by atoms with Crippen molar-refractivity contribution < 1.29 is 9.21 Å². The highest BCUT2D eigenvalue weighted by Crippen LogP contribution is 2.49. The molecule has 25 heavy (non-hydrogen) atoms. The molecule has 4 unspecified atom stereocenters. The highest BCUT2D eigenvalue weighted by Gasteiger charge is 2.42. The van der Waals surface area contributed by atoms with Crippen LogP contribution in [0.25, 0.3) is 0 Å². The number of rotatable bonds is 5. The monoisotopic (exact) mass is 340 g/mol. The number of carbonyl (C=O) groups is 1. The van der Waals surface area contributed by atoms with Crippen molar-refractivity contribution >= 4 is 5.91 Å². The third-order valence-corrected chi connectivity index (χ3v) is 6.51. The van der Waals surface area contributed by atoms with Crippen molar-refractivity contribution in [3.8, 4) is 0 Å². The molecule has 0 saturated heterocycles. The summed E-state index contributed by atoms with van der Waals surface area (Å²) >= 11 is 0. The van der Waals surface area contributed by atoms with Gasteiger partial charge in [0, 0.05) is 17.4 Å². The maximum atomic E-state index is 12.9. The van der Waals surface area contributed by atoms with Gasteiger partial charge in [0.2, 0.25) is 0 Å². The van der Waals surface area contributed by atoms with Crippen LogP contribution in [0.4, 0.5) is 0 Å². The Balaban J connectivity index is 1.47. The second-order valence-electron chi connectivity index (χ2n) is 8.05. The molecule has 0 aliphatic heterocycles. The first-order valence-corrected chi connectivity index (χ1v) is 9.53. The van der Waals surface area contributed by atoms with Crippen molar-refractivity contribution in [2.24, 2.45) is 17.8 Å². The molecule has 2 bridgehead atoms. The van der Waals surface area contributed by atoms with E-state index < -0.39 is 0 Å². The number of nitrogens with zero attached hydrogens (tertiary/aromatic N) is 1. The number of fused-ring (bicyclic) bond motifs is 2. The van der Waals surface area contributed by atoms with Gasteiger partial charge in [0.05, 0.1) is 18.4 Å². The molecular weight excluding hydrogens is 312 g/mol. The number of hydrogen-bond acceptors (Lipinski definition) is 2. The summed E-state index contributed by atoms with van der Waals surface area (Å²) in [5.41, 5.74) is 2.89. The smallest absolute Gasteiger partial charge is 0.253 e. The number of nitrogens with one attached hydrogen (secondary N) is 1. The van der Waals surface area contributed by atoms with Crippen LogP contribution >= 0.6 is 0 Å². The number of aryl methyl sites for hydroxylation is 1. The minimum Gasteiger partial charge on any atom is -0.467 e. The Hall–Kier alpha value is -1.97. The first-order chi connectivity index (χ1) is 12.0. The maximum absolute atomic E-state index is 12.9. The molecule has 0 spiro atoms. The molecule has 1 amide bonds. The molecule has 2 saturated carbocycles. The van der Waals surface area contributed by atoms with E-state index in [1.165, 1.54) is 25.7 Å². The summed E-state index contributed by atoms with van der Waals surface area (Å²) in [5.74, 6) is 3.37. The van der Waals surface area contributed by atoms with E-state index in [9.17, 15) is 4.79 Å². The SMILES string of the molecule is Cc1cc(C(=O)NC(C)C2CC3CCC2C3)c(C)n1Cc1ccco1. The van der Waals surface area contributed by atoms with E-state index in [0.29, 0.717) is 12.5 Å². The number of aromatic nitrogens is 1. The summed E-state index contributed by atoms with van der Waals surface area (Å²) in [7, 11) is 0. The molecule has 2 heterocycles.